The standard InChI is InChI=1S/C15H23NO4/c1-14(2,3)19-12(17)11-8-15(20-13(11)18)9-16-6-4-10(15)5-7-16/h10-11H,4-9H2,1-3H3/t11-,15+/m1/s1. The lowest BCUT2D eigenvalue weighted by molar-refractivity contribution is -0.170. The number of esters is 2. The Kier molecular flexibility index (Phi) is 3.08. The Morgan fingerprint density at radius 2 is 2.00 bits per heavy atom. The van der Waals surface area contributed by atoms with E-state index in [2.05, 4.69) is 4.90 Å². The SMILES string of the molecule is CC(C)(C)OC(=O)[C@H]1C[C@@]2(CN3CCC2CC3)OC1=O. The smallest absolute Gasteiger partial charge is 0.321 e. The van der Waals surface area contributed by atoms with E-state index in [1.165, 1.54) is 0 Å². The van der Waals surface area contributed by atoms with E-state index in [1.54, 1.807) is 0 Å². The molecule has 4 fully saturated rings. The van der Waals surface area contributed by atoms with Gasteiger partial charge in [0.15, 0.2) is 5.92 Å². The highest BCUT2D eigenvalue weighted by molar-refractivity contribution is 5.96. The van der Waals surface area contributed by atoms with E-state index < -0.39 is 29.1 Å². The summed E-state index contributed by atoms with van der Waals surface area (Å²) in [5.41, 5.74) is -1.00. The van der Waals surface area contributed by atoms with Crippen LogP contribution >= 0.6 is 0 Å². The van der Waals surface area contributed by atoms with Gasteiger partial charge in [0.05, 0.1) is 0 Å². The molecule has 112 valence electrons. The second-order valence-corrected chi connectivity index (χ2v) is 7.33. The maximum absolute atomic E-state index is 12.2. The molecule has 0 aromatic heterocycles. The average molecular weight is 281 g/mol. The third-order valence-electron chi connectivity index (χ3n) is 4.65. The Balaban J connectivity index is 1.74. The van der Waals surface area contributed by atoms with Gasteiger partial charge in [-0.2, -0.15) is 0 Å². The molecule has 4 aliphatic heterocycles. The average Bonchev–Trinajstić information content (AvgIpc) is 2.65. The van der Waals surface area contributed by atoms with E-state index in [-0.39, 0.29) is 0 Å². The van der Waals surface area contributed by atoms with Gasteiger partial charge in [-0.05, 0) is 46.7 Å². The van der Waals surface area contributed by atoms with Crippen LogP contribution in [0.15, 0.2) is 0 Å². The second-order valence-electron chi connectivity index (χ2n) is 7.33. The molecule has 4 saturated heterocycles. The van der Waals surface area contributed by atoms with Crippen molar-refractivity contribution >= 4 is 11.9 Å². The molecule has 0 aliphatic carbocycles. The molecule has 4 heterocycles. The number of piperidine rings is 3. The van der Waals surface area contributed by atoms with Crippen molar-refractivity contribution in [3.63, 3.8) is 0 Å². The fourth-order valence-electron chi connectivity index (χ4n) is 3.77. The molecule has 0 N–H and O–H groups in total. The Labute approximate surface area is 119 Å². The van der Waals surface area contributed by atoms with E-state index in [9.17, 15) is 9.59 Å². The van der Waals surface area contributed by atoms with Crippen LogP contribution in [-0.2, 0) is 19.1 Å². The van der Waals surface area contributed by atoms with E-state index in [1.807, 2.05) is 20.8 Å². The van der Waals surface area contributed by atoms with Crippen molar-refractivity contribution in [2.75, 3.05) is 19.6 Å². The molecule has 2 atom stereocenters. The van der Waals surface area contributed by atoms with Crippen LogP contribution in [0, 0.1) is 11.8 Å². The van der Waals surface area contributed by atoms with Gasteiger partial charge >= 0.3 is 11.9 Å². The number of carbonyl (C=O) groups is 2. The Bertz CT molecular complexity index is 434. The number of carbonyl (C=O) groups excluding carboxylic acids is 2. The van der Waals surface area contributed by atoms with Gasteiger partial charge in [-0.3, -0.25) is 14.5 Å². The summed E-state index contributed by atoms with van der Waals surface area (Å²) < 4.78 is 11.0. The third-order valence-corrected chi connectivity index (χ3v) is 4.65. The first-order valence-corrected chi connectivity index (χ1v) is 7.47. The first kappa shape index (κ1) is 13.9. The number of rotatable bonds is 1. The minimum absolute atomic E-state index is 0.395. The minimum atomic E-state index is -0.741. The predicted octanol–water partition coefficient (Wildman–Crippen LogP) is 1.36. The molecular weight excluding hydrogens is 258 g/mol. The maximum atomic E-state index is 12.2. The Morgan fingerprint density at radius 1 is 1.35 bits per heavy atom. The first-order valence-electron chi connectivity index (χ1n) is 7.47. The number of hydrogen-bond donors (Lipinski definition) is 0. The van der Waals surface area contributed by atoms with Crippen LogP contribution < -0.4 is 0 Å². The Hall–Kier alpha value is -1.10. The zero-order valence-electron chi connectivity index (χ0n) is 12.5. The topological polar surface area (TPSA) is 55.8 Å². The van der Waals surface area contributed by atoms with E-state index in [0.717, 1.165) is 32.5 Å². The van der Waals surface area contributed by atoms with Crippen molar-refractivity contribution in [3.05, 3.63) is 0 Å². The van der Waals surface area contributed by atoms with Crippen LogP contribution in [0.25, 0.3) is 0 Å². The molecule has 0 amide bonds. The molecule has 0 unspecified atom stereocenters. The number of nitrogens with zero attached hydrogens (tertiary/aromatic N) is 1. The minimum Gasteiger partial charge on any atom is -0.459 e. The molecule has 1 spiro atoms. The van der Waals surface area contributed by atoms with Gasteiger partial charge in [0.1, 0.15) is 11.2 Å². The summed E-state index contributed by atoms with van der Waals surface area (Å²) in [5.74, 6) is -1.16. The van der Waals surface area contributed by atoms with Crippen LogP contribution in [0.2, 0.25) is 0 Å². The van der Waals surface area contributed by atoms with Crippen LogP contribution in [-0.4, -0.2) is 47.7 Å². The van der Waals surface area contributed by atoms with Crippen molar-refractivity contribution in [1.29, 1.82) is 0 Å². The van der Waals surface area contributed by atoms with Gasteiger partial charge in [0, 0.05) is 18.9 Å². The van der Waals surface area contributed by atoms with Crippen molar-refractivity contribution in [1.82, 2.24) is 4.90 Å². The third kappa shape index (κ3) is 2.32. The first-order chi connectivity index (χ1) is 9.29. The zero-order valence-corrected chi connectivity index (χ0v) is 12.5. The summed E-state index contributed by atoms with van der Waals surface area (Å²) in [6, 6.07) is 0. The van der Waals surface area contributed by atoms with Crippen molar-refractivity contribution in [2.24, 2.45) is 11.8 Å². The molecule has 5 heteroatoms. The van der Waals surface area contributed by atoms with Crippen LogP contribution in [0.4, 0.5) is 0 Å². The van der Waals surface area contributed by atoms with E-state index in [4.69, 9.17) is 9.47 Å². The summed E-state index contributed by atoms with van der Waals surface area (Å²) in [5, 5.41) is 0. The number of hydrogen-bond acceptors (Lipinski definition) is 5. The maximum Gasteiger partial charge on any atom is 0.321 e. The lowest BCUT2D eigenvalue weighted by Gasteiger charge is -2.50. The van der Waals surface area contributed by atoms with Gasteiger partial charge in [-0.25, -0.2) is 0 Å². The zero-order chi connectivity index (χ0) is 14.5. The molecule has 4 aliphatic rings. The van der Waals surface area contributed by atoms with E-state index in [0.29, 0.717) is 12.3 Å². The number of ether oxygens (including phenoxy) is 2. The molecule has 5 nitrogen and oxygen atoms in total. The van der Waals surface area contributed by atoms with Crippen molar-refractivity contribution in [3.8, 4) is 0 Å². The van der Waals surface area contributed by atoms with Gasteiger partial charge in [0.2, 0.25) is 0 Å². The normalized spacial score (nSPS) is 40.0. The van der Waals surface area contributed by atoms with Crippen LogP contribution in [0.5, 0.6) is 0 Å². The summed E-state index contributed by atoms with van der Waals surface area (Å²) >= 11 is 0. The second kappa shape index (κ2) is 4.45. The fourth-order valence-corrected chi connectivity index (χ4v) is 3.77. The van der Waals surface area contributed by atoms with Crippen LogP contribution in [0.1, 0.15) is 40.0 Å². The predicted molar refractivity (Wildman–Crippen MR) is 71.9 cm³/mol. The molecule has 0 saturated carbocycles. The lowest BCUT2D eigenvalue weighted by Crippen LogP contribution is -2.59. The molecule has 0 aromatic rings. The highest BCUT2D eigenvalue weighted by atomic mass is 16.6. The summed E-state index contributed by atoms with van der Waals surface area (Å²) in [6.07, 6.45) is 2.62. The van der Waals surface area contributed by atoms with Crippen molar-refractivity contribution < 1.29 is 19.1 Å². The molecule has 0 aromatic carbocycles. The Morgan fingerprint density at radius 3 is 2.50 bits per heavy atom. The monoisotopic (exact) mass is 281 g/mol. The summed E-state index contributed by atoms with van der Waals surface area (Å²) in [7, 11) is 0. The molecule has 0 radical (unpaired) electrons. The molecule has 2 bridgehead atoms. The van der Waals surface area contributed by atoms with E-state index >= 15 is 0 Å². The number of fused-ring (bicyclic) bond motifs is 2. The van der Waals surface area contributed by atoms with Gasteiger partial charge < -0.3 is 9.47 Å². The van der Waals surface area contributed by atoms with Gasteiger partial charge in [-0.1, -0.05) is 0 Å². The fraction of sp³-hybridized carbons (Fsp3) is 0.867. The quantitative estimate of drug-likeness (QED) is 0.536. The summed E-state index contributed by atoms with van der Waals surface area (Å²) in [4.78, 5) is 26.6. The molecule has 4 rings (SSSR count). The van der Waals surface area contributed by atoms with Gasteiger partial charge in [0.25, 0.3) is 0 Å². The van der Waals surface area contributed by atoms with Gasteiger partial charge in [-0.15, -0.1) is 0 Å². The highest BCUT2D eigenvalue weighted by Gasteiger charge is 2.58. The summed E-state index contributed by atoms with van der Waals surface area (Å²) in [6.45, 7) is 8.39. The van der Waals surface area contributed by atoms with Crippen molar-refractivity contribution in [2.45, 2.75) is 51.2 Å². The van der Waals surface area contributed by atoms with Crippen LogP contribution in [0.3, 0.4) is 0 Å². The largest absolute Gasteiger partial charge is 0.459 e. The highest BCUT2D eigenvalue weighted by Crippen LogP contribution is 2.46. The lowest BCUT2D eigenvalue weighted by atomic mass is 9.72. The molecule has 20 heavy (non-hydrogen) atoms. The molecular formula is C15H23NO4.